The van der Waals surface area contributed by atoms with E-state index in [0.29, 0.717) is 11.8 Å². The van der Waals surface area contributed by atoms with Crippen LogP contribution >= 0.6 is 0 Å². The van der Waals surface area contributed by atoms with Gasteiger partial charge in [-0.2, -0.15) is 15.5 Å². The second-order valence-electron chi connectivity index (χ2n) is 3.40. The van der Waals surface area contributed by atoms with E-state index in [2.05, 4.69) is 15.3 Å². The lowest BCUT2D eigenvalue weighted by atomic mass is 10.3. The number of aromatic nitrogens is 2. The third kappa shape index (κ3) is 3.32. The van der Waals surface area contributed by atoms with Crippen molar-refractivity contribution in [3.05, 3.63) is 11.8 Å². The van der Waals surface area contributed by atoms with Crippen LogP contribution in [0.15, 0.2) is 6.20 Å². The van der Waals surface area contributed by atoms with Crippen LogP contribution in [0.25, 0.3) is 0 Å². The topological polar surface area (TPSA) is 88.6 Å². The second kappa shape index (κ2) is 6.29. The summed E-state index contributed by atoms with van der Waals surface area (Å²) in [6.45, 7) is 4.80. The van der Waals surface area contributed by atoms with E-state index < -0.39 is 0 Å². The lowest BCUT2D eigenvalue weighted by Crippen LogP contribution is -2.26. The minimum atomic E-state index is 0.136. The van der Waals surface area contributed by atoms with Crippen LogP contribution in [-0.4, -0.2) is 29.6 Å². The van der Waals surface area contributed by atoms with Crippen LogP contribution < -0.4 is 10.2 Å². The normalized spacial score (nSPS) is 9.18. The molecule has 88 valence electrons. The predicted octanol–water partition coefficient (Wildman–Crippen LogP) is 1.07. The fraction of sp³-hybridized carbons (Fsp3) is 0.455. The molecule has 0 saturated heterocycles. The van der Waals surface area contributed by atoms with Gasteiger partial charge in [0.05, 0.1) is 12.1 Å². The van der Waals surface area contributed by atoms with Crippen LogP contribution in [0, 0.1) is 29.6 Å². The number of nitriles is 2. The summed E-state index contributed by atoms with van der Waals surface area (Å²) in [4.78, 5) is 10.0. The molecule has 0 spiro atoms. The molecular weight excluding hydrogens is 216 g/mol. The van der Waals surface area contributed by atoms with Crippen LogP contribution in [0.5, 0.6) is 0 Å². The zero-order valence-corrected chi connectivity index (χ0v) is 9.93. The van der Waals surface area contributed by atoms with Crippen molar-refractivity contribution in [2.75, 3.05) is 29.9 Å². The molecule has 17 heavy (non-hydrogen) atoms. The van der Waals surface area contributed by atoms with Crippen molar-refractivity contribution in [2.45, 2.75) is 13.8 Å². The first-order valence-electron chi connectivity index (χ1n) is 5.29. The average molecular weight is 230 g/mol. The molecule has 1 aromatic heterocycles. The molecule has 1 heterocycles. The van der Waals surface area contributed by atoms with Crippen molar-refractivity contribution >= 4 is 11.8 Å². The molecular formula is C11H14N6. The predicted molar refractivity (Wildman–Crippen MR) is 64.4 cm³/mol. The van der Waals surface area contributed by atoms with E-state index in [4.69, 9.17) is 10.5 Å². The van der Waals surface area contributed by atoms with Gasteiger partial charge in [0.1, 0.15) is 18.9 Å². The third-order valence-electron chi connectivity index (χ3n) is 2.10. The van der Waals surface area contributed by atoms with Gasteiger partial charge in [-0.15, -0.1) is 0 Å². The standard InChI is InChI=1S/C11H14N6/c1-3-14-11-15-8-9(2)10(16-11)17(6-4-12)7-5-13/h8H,3,6-7H2,1-2H3,(H,14,15,16). The van der Waals surface area contributed by atoms with E-state index in [1.807, 2.05) is 26.0 Å². The molecule has 0 fully saturated rings. The van der Waals surface area contributed by atoms with Gasteiger partial charge in [0, 0.05) is 18.3 Å². The van der Waals surface area contributed by atoms with E-state index >= 15 is 0 Å². The Morgan fingerprint density at radius 2 is 2.00 bits per heavy atom. The summed E-state index contributed by atoms with van der Waals surface area (Å²) in [6.07, 6.45) is 1.68. The smallest absolute Gasteiger partial charge is 0.224 e. The number of nitrogens with zero attached hydrogens (tertiary/aromatic N) is 5. The Labute approximate surface area is 101 Å². The Bertz CT molecular complexity index is 440. The molecule has 6 nitrogen and oxygen atoms in total. The molecule has 0 bridgehead atoms. The third-order valence-corrected chi connectivity index (χ3v) is 2.10. The van der Waals surface area contributed by atoms with Crippen LogP contribution in [0.2, 0.25) is 0 Å². The molecule has 0 aliphatic rings. The highest BCUT2D eigenvalue weighted by Gasteiger charge is 2.11. The highest BCUT2D eigenvalue weighted by atomic mass is 15.2. The Hall–Kier alpha value is -2.34. The lowest BCUT2D eigenvalue weighted by molar-refractivity contribution is 0.912. The fourth-order valence-electron chi connectivity index (χ4n) is 1.37. The molecule has 0 aliphatic heterocycles. The number of aryl methyl sites for hydroxylation is 1. The van der Waals surface area contributed by atoms with Gasteiger partial charge in [-0.1, -0.05) is 0 Å². The number of hydrogen-bond donors (Lipinski definition) is 1. The number of hydrogen-bond acceptors (Lipinski definition) is 6. The first kappa shape index (κ1) is 12.7. The van der Waals surface area contributed by atoms with Crippen molar-refractivity contribution in [2.24, 2.45) is 0 Å². The van der Waals surface area contributed by atoms with E-state index in [9.17, 15) is 0 Å². The van der Waals surface area contributed by atoms with Gasteiger partial charge in [0.15, 0.2) is 0 Å². The highest BCUT2D eigenvalue weighted by molar-refractivity contribution is 5.50. The molecule has 1 N–H and O–H groups in total. The summed E-state index contributed by atoms with van der Waals surface area (Å²) in [7, 11) is 0. The van der Waals surface area contributed by atoms with Crippen LogP contribution in [0.3, 0.4) is 0 Å². The Kier molecular flexibility index (Phi) is 4.71. The van der Waals surface area contributed by atoms with Gasteiger partial charge in [0.2, 0.25) is 5.95 Å². The van der Waals surface area contributed by atoms with Gasteiger partial charge in [-0.25, -0.2) is 4.98 Å². The minimum absolute atomic E-state index is 0.136. The first-order chi connectivity index (χ1) is 8.22. The first-order valence-corrected chi connectivity index (χ1v) is 5.29. The Balaban J connectivity index is 3.04. The van der Waals surface area contributed by atoms with Crippen molar-refractivity contribution in [1.82, 2.24) is 9.97 Å². The zero-order chi connectivity index (χ0) is 12.7. The van der Waals surface area contributed by atoms with Gasteiger partial charge in [-0.05, 0) is 13.8 Å². The van der Waals surface area contributed by atoms with Gasteiger partial charge in [-0.3, -0.25) is 0 Å². The minimum Gasteiger partial charge on any atom is -0.354 e. The van der Waals surface area contributed by atoms with E-state index in [-0.39, 0.29) is 13.1 Å². The monoisotopic (exact) mass is 230 g/mol. The quantitative estimate of drug-likeness (QED) is 0.761. The maximum atomic E-state index is 8.73. The maximum Gasteiger partial charge on any atom is 0.224 e. The van der Waals surface area contributed by atoms with Gasteiger partial charge >= 0.3 is 0 Å². The molecule has 0 aliphatic carbocycles. The van der Waals surface area contributed by atoms with Gasteiger partial charge < -0.3 is 10.2 Å². The van der Waals surface area contributed by atoms with Crippen molar-refractivity contribution in [3.8, 4) is 12.1 Å². The Morgan fingerprint density at radius 3 is 2.53 bits per heavy atom. The summed E-state index contributed by atoms with van der Waals surface area (Å²) in [5, 5.41) is 20.5. The fourth-order valence-corrected chi connectivity index (χ4v) is 1.37. The van der Waals surface area contributed by atoms with Crippen LogP contribution in [0.1, 0.15) is 12.5 Å². The molecule has 1 rings (SSSR count). The molecule has 6 heteroatoms. The molecule has 0 atom stereocenters. The summed E-state index contributed by atoms with van der Waals surface area (Å²) in [6, 6.07) is 4.05. The zero-order valence-electron chi connectivity index (χ0n) is 9.93. The molecule has 1 aromatic rings. The molecule has 0 radical (unpaired) electrons. The molecule has 0 unspecified atom stereocenters. The van der Waals surface area contributed by atoms with E-state index in [1.54, 1.807) is 11.1 Å². The molecule has 0 amide bonds. The number of rotatable bonds is 5. The van der Waals surface area contributed by atoms with Crippen molar-refractivity contribution in [3.63, 3.8) is 0 Å². The van der Waals surface area contributed by atoms with E-state index in [0.717, 1.165) is 12.1 Å². The lowest BCUT2D eigenvalue weighted by Gasteiger charge is -2.19. The highest BCUT2D eigenvalue weighted by Crippen LogP contribution is 2.17. The maximum absolute atomic E-state index is 8.73. The van der Waals surface area contributed by atoms with Gasteiger partial charge in [0.25, 0.3) is 0 Å². The Morgan fingerprint density at radius 1 is 1.35 bits per heavy atom. The van der Waals surface area contributed by atoms with E-state index in [1.165, 1.54) is 0 Å². The summed E-state index contributed by atoms with van der Waals surface area (Å²) in [5.74, 6) is 1.13. The summed E-state index contributed by atoms with van der Waals surface area (Å²) >= 11 is 0. The van der Waals surface area contributed by atoms with Crippen LogP contribution in [0.4, 0.5) is 11.8 Å². The summed E-state index contributed by atoms with van der Waals surface area (Å²) in [5.41, 5.74) is 0.845. The summed E-state index contributed by atoms with van der Waals surface area (Å²) < 4.78 is 0. The number of nitrogens with one attached hydrogen (secondary N) is 1. The van der Waals surface area contributed by atoms with Crippen molar-refractivity contribution < 1.29 is 0 Å². The van der Waals surface area contributed by atoms with Crippen molar-refractivity contribution in [1.29, 1.82) is 10.5 Å². The largest absolute Gasteiger partial charge is 0.354 e. The second-order valence-corrected chi connectivity index (χ2v) is 3.40. The average Bonchev–Trinajstić information content (AvgIpc) is 2.32. The molecule has 0 saturated carbocycles. The molecule has 0 aromatic carbocycles. The number of anilines is 2. The SMILES string of the molecule is CCNc1ncc(C)c(N(CC#N)CC#N)n1. The van der Waals surface area contributed by atoms with Crippen LogP contribution in [-0.2, 0) is 0 Å².